The quantitative estimate of drug-likeness (QED) is 0.660. The number of hydrogen-bond acceptors (Lipinski definition) is 3. The molecule has 1 fully saturated rings. The fourth-order valence-corrected chi connectivity index (χ4v) is 1.82. The van der Waals surface area contributed by atoms with E-state index in [4.69, 9.17) is 4.42 Å². The lowest BCUT2D eigenvalue weighted by Crippen LogP contribution is -2.29. The third kappa shape index (κ3) is 1.91. The Morgan fingerprint density at radius 2 is 2.15 bits per heavy atom. The highest BCUT2D eigenvalue weighted by Crippen LogP contribution is 2.26. The molecule has 0 aromatic carbocycles. The Morgan fingerprint density at radius 3 is 2.69 bits per heavy atom. The van der Waals surface area contributed by atoms with E-state index in [2.05, 4.69) is 16.9 Å². The van der Waals surface area contributed by atoms with E-state index in [1.807, 2.05) is 6.92 Å². The maximum atomic E-state index is 5.41. The minimum atomic E-state index is 0.546. The molecule has 0 aliphatic carbocycles. The molecule has 2 heterocycles. The molecule has 1 aromatic heterocycles. The molecular weight excluding hydrogens is 164 g/mol. The Labute approximate surface area is 78.8 Å². The molecule has 0 amide bonds. The molecule has 3 nitrogen and oxygen atoms in total. The monoisotopic (exact) mass is 180 g/mol. The zero-order chi connectivity index (χ0) is 9.26. The van der Waals surface area contributed by atoms with Crippen molar-refractivity contribution in [1.82, 2.24) is 9.88 Å². The molecule has 0 unspecified atom stereocenters. The van der Waals surface area contributed by atoms with Crippen LogP contribution < -0.4 is 0 Å². The molecule has 0 spiro atoms. The van der Waals surface area contributed by atoms with Crippen LogP contribution in [0.1, 0.15) is 30.3 Å². The number of aromatic nitrogens is 1. The highest BCUT2D eigenvalue weighted by molar-refractivity contribution is 5.00. The van der Waals surface area contributed by atoms with Crippen LogP contribution in [0.2, 0.25) is 0 Å². The molecule has 1 saturated heterocycles. The Kier molecular flexibility index (Phi) is 2.36. The summed E-state index contributed by atoms with van der Waals surface area (Å²) in [5.74, 6) is 1.48. The molecule has 0 atom stereocenters. The Hall–Kier alpha value is -0.830. The summed E-state index contributed by atoms with van der Waals surface area (Å²) >= 11 is 0. The van der Waals surface area contributed by atoms with Gasteiger partial charge in [0.2, 0.25) is 0 Å². The summed E-state index contributed by atoms with van der Waals surface area (Å²) in [6, 6.07) is 0. The van der Waals surface area contributed by atoms with Crippen LogP contribution in [0.25, 0.3) is 0 Å². The summed E-state index contributed by atoms with van der Waals surface area (Å²) in [4.78, 5) is 6.73. The molecule has 0 N–H and O–H groups in total. The number of nitrogens with zero attached hydrogens (tertiary/aromatic N) is 2. The average molecular weight is 180 g/mol. The average Bonchev–Trinajstić information content (AvgIpc) is 2.53. The third-order valence-corrected chi connectivity index (χ3v) is 2.70. The Morgan fingerprint density at radius 1 is 1.46 bits per heavy atom. The SMILES string of the molecule is Cc1coc(C2CCN(C)CC2)n1. The van der Waals surface area contributed by atoms with E-state index in [-0.39, 0.29) is 0 Å². The minimum absolute atomic E-state index is 0.546. The predicted molar refractivity (Wildman–Crippen MR) is 50.7 cm³/mol. The van der Waals surface area contributed by atoms with Gasteiger partial charge in [-0.05, 0) is 39.9 Å². The highest BCUT2D eigenvalue weighted by atomic mass is 16.3. The van der Waals surface area contributed by atoms with Gasteiger partial charge in [-0.25, -0.2) is 4.98 Å². The van der Waals surface area contributed by atoms with Crippen molar-refractivity contribution in [2.75, 3.05) is 20.1 Å². The van der Waals surface area contributed by atoms with Gasteiger partial charge in [0.05, 0.1) is 5.69 Å². The van der Waals surface area contributed by atoms with E-state index < -0.39 is 0 Å². The van der Waals surface area contributed by atoms with Gasteiger partial charge in [0.25, 0.3) is 0 Å². The first-order valence-electron chi connectivity index (χ1n) is 4.86. The van der Waals surface area contributed by atoms with Crippen LogP contribution >= 0.6 is 0 Å². The third-order valence-electron chi connectivity index (χ3n) is 2.70. The van der Waals surface area contributed by atoms with Crippen molar-refractivity contribution in [1.29, 1.82) is 0 Å². The highest BCUT2D eigenvalue weighted by Gasteiger charge is 2.21. The number of oxazole rings is 1. The summed E-state index contributed by atoms with van der Waals surface area (Å²) in [7, 11) is 2.16. The fourth-order valence-electron chi connectivity index (χ4n) is 1.82. The lowest BCUT2D eigenvalue weighted by atomic mass is 9.97. The fraction of sp³-hybridized carbons (Fsp3) is 0.700. The van der Waals surface area contributed by atoms with E-state index in [1.54, 1.807) is 6.26 Å². The number of hydrogen-bond donors (Lipinski definition) is 0. The van der Waals surface area contributed by atoms with Gasteiger partial charge in [0.15, 0.2) is 5.89 Å². The lowest BCUT2D eigenvalue weighted by molar-refractivity contribution is 0.237. The zero-order valence-corrected chi connectivity index (χ0v) is 8.29. The van der Waals surface area contributed by atoms with E-state index in [9.17, 15) is 0 Å². The first-order valence-corrected chi connectivity index (χ1v) is 4.86. The predicted octanol–water partition coefficient (Wildman–Crippen LogP) is 1.79. The summed E-state index contributed by atoms with van der Waals surface area (Å²) < 4.78 is 5.41. The molecule has 0 radical (unpaired) electrons. The van der Waals surface area contributed by atoms with Crippen LogP contribution in [0.15, 0.2) is 10.7 Å². The maximum Gasteiger partial charge on any atom is 0.197 e. The van der Waals surface area contributed by atoms with Gasteiger partial charge in [0.1, 0.15) is 6.26 Å². The van der Waals surface area contributed by atoms with Gasteiger partial charge < -0.3 is 9.32 Å². The van der Waals surface area contributed by atoms with Crippen LogP contribution in [-0.4, -0.2) is 30.0 Å². The smallest absolute Gasteiger partial charge is 0.197 e. The molecule has 1 aromatic rings. The molecule has 13 heavy (non-hydrogen) atoms. The normalized spacial score (nSPS) is 20.8. The zero-order valence-electron chi connectivity index (χ0n) is 8.29. The summed E-state index contributed by atoms with van der Waals surface area (Å²) in [6.45, 7) is 4.29. The van der Waals surface area contributed by atoms with Gasteiger partial charge in [0, 0.05) is 5.92 Å². The Bertz CT molecular complexity index is 274. The van der Waals surface area contributed by atoms with Gasteiger partial charge in [-0.3, -0.25) is 0 Å². The van der Waals surface area contributed by atoms with Crippen LogP contribution in [0, 0.1) is 6.92 Å². The van der Waals surface area contributed by atoms with Crippen molar-refractivity contribution in [2.24, 2.45) is 0 Å². The second kappa shape index (κ2) is 3.50. The topological polar surface area (TPSA) is 29.3 Å². The molecule has 2 rings (SSSR count). The van der Waals surface area contributed by atoms with Crippen LogP contribution in [0.5, 0.6) is 0 Å². The maximum absolute atomic E-state index is 5.41. The van der Waals surface area contributed by atoms with Gasteiger partial charge in [-0.15, -0.1) is 0 Å². The summed E-state index contributed by atoms with van der Waals surface area (Å²) in [5.41, 5.74) is 0.994. The van der Waals surface area contributed by atoms with Crippen molar-refractivity contribution in [3.05, 3.63) is 17.8 Å². The van der Waals surface area contributed by atoms with Crippen LogP contribution in [-0.2, 0) is 0 Å². The van der Waals surface area contributed by atoms with Gasteiger partial charge >= 0.3 is 0 Å². The second-order valence-corrected chi connectivity index (χ2v) is 3.90. The summed E-state index contributed by atoms with van der Waals surface area (Å²) in [5, 5.41) is 0. The minimum Gasteiger partial charge on any atom is -0.448 e. The number of piperidine rings is 1. The molecular formula is C10H16N2O. The number of rotatable bonds is 1. The first-order chi connectivity index (χ1) is 6.25. The van der Waals surface area contributed by atoms with Gasteiger partial charge in [-0.2, -0.15) is 0 Å². The van der Waals surface area contributed by atoms with Crippen molar-refractivity contribution < 1.29 is 4.42 Å². The Balaban J connectivity index is 2.02. The van der Waals surface area contributed by atoms with Gasteiger partial charge in [-0.1, -0.05) is 0 Å². The molecule has 72 valence electrons. The molecule has 1 aliphatic rings. The van der Waals surface area contributed by atoms with E-state index >= 15 is 0 Å². The van der Waals surface area contributed by atoms with Crippen LogP contribution in [0.4, 0.5) is 0 Å². The number of aryl methyl sites for hydroxylation is 1. The second-order valence-electron chi connectivity index (χ2n) is 3.90. The number of likely N-dealkylation sites (tertiary alicyclic amines) is 1. The standard InChI is InChI=1S/C10H16N2O/c1-8-7-13-10(11-8)9-3-5-12(2)6-4-9/h7,9H,3-6H2,1-2H3. The molecule has 0 saturated carbocycles. The largest absolute Gasteiger partial charge is 0.448 e. The summed E-state index contributed by atoms with van der Waals surface area (Å²) in [6.07, 6.45) is 4.10. The van der Waals surface area contributed by atoms with Crippen molar-refractivity contribution in [3.63, 3.8) is 0 Å². The molecule has 3 heteroatoms. The van der Waals surface area contributed by atoms with E-state index in [0.29, 0.717) is 5.92 Å². The first kappa shape index (κ1) is 8.75. The van der Waals surface area contributed by atoms with Crippen molar-refractivity contribution in [2.45, 2.75) is 25.7 Å². The van der Waals surface area contributed by atoms with E-state index in [1.165, 1.54) is 12.8 Å². The van der Waals surface area contributed by atoms with Crippen LogP contribution in [0.3, 0.4) is 0 Å². The molecule has 1 aliphatic heterocycles. The molecule has 0 bridgehead atoms. The van der Waals surface area contributed by atoms with Crippen molar-refractivity contribution in [3.8, 4) is 0 Å². The van der Waals surface area contributed by atoms with E-state index in [0.717, 1.165) is 24.7 Å². The van der Waals surface area contributed by atoms with Crippen molar-refractivity contribution >= 4 is 0 Å². The lowest BCUT2D eigenvalue weighted by Gasteiger charge is -2.26.